The number of carbonyl (C=O) groups is 1. The quantitative estimate of drug-likeness (QED) is 0.134. The highest BCUT2D eigenvalue weighted by atomic mass is 16.3. The van der Waals surface area contributed by atoms with Crippen molar-refractivity contribution in [3.8, 4) is 22.6 Å². The zero-order valence-corrected chi connectivity index (χ0v) is 17.7. The van der Waals surface area contributed by atoms with Gasteiger partial charge in [-0.3, -0.25) is 15.6 Å². The monoisotopic (exact) mass is 424 g/mol. The van der Waals surface area contributed by atoms with E-state index >= 15 is 0 Å². The lowest BCUT2D eigenvalue weighted by molar-refractivity contribution is -0.122. The van der Waals surface area contributed by atoms with E-state index in [9.17, 15) is 15.0 Å². The van der Waals surface area contributed by atoms with Crippen molar-refractivity contribution < 1.29 is 15.0 Å². The van der Waals surface area contributed by atoms with Crippen molar-refractivity contribution in [3.63, 3.8) is 0 Å². The van der Waals surface area contributed by atoms with E-state index in [0.29, 0.717) is 42.6 Å². The predicted octanol–water partition coefficient (Wildman–Crippen LogP) is 3.12. The third kappa shape index (κ3) is 6.60. The van der Waals surface area contributed by atoms with Crippen LogP contribution in [0.15, 0.2) is 55.6 Å². The number of phenols is 2. The maximum absolute atomic E-state index is 12.3. The number of carbonyl (C=O) groups excluding carboxylic acids is 1. The fourth-order valence-corrected chi connectivity index (χ4v) is 3.23. The van der Waals surface area contributed by atoms with Gasteiger partial charge in [-0.15, -0.1) is 13.2 Å². The molecule has 0 unspecified atom stereocenters. The summed E-state index contributed by atoms with van der Waals surface area (Å²) in [5.41, 5.74) is 20.0. The highest BCUT2D eigenvalue weighted by Gasteiger charge is 2.16. The van der Waals surface area contributed by atoms with Gasteiger partial charge in [-0.25, -0.2) is 0 Å². The molecule has 0 fully saturated rings. The van der Waals surface area contributed by atoms with Crippen LogP contribution in [0.5, 0.6) is 11.5 Å². The first kappa shape index (κ1) is 24.0. The predicted molar refractivity (Wildman–Crippen MR) is 126 cm³/mol. The number of hydrogen-bond acceptors (Lipinski definition) is 6. The van der Waals surface area contributed by atoms with Crippen LogP contribution in [0, 0.1) is 0 Å². The number of phenolic OH excluding ortho intramolecular Hbond substituents is 2. The fourth-order valence-electron chi connectivity index (χ4n) is 3.23. The van der Waals surface area contributed by atoms with Crippen molar-refractivity contribution in [1.29, 1.82) is 0 Å². The number of allylic oxidation sites excluding steroid dienone is 2. The maximum atomic E-state index is 12.3. The molecule has 8 N–H and O–H groups in total. The number of hydrogen-bond donors (Lipinski definition) is 6. The van der Waals surface area contributed by atoms with Crippen LogP contribution in [0.25, 0.3) is 11.1 Å². The smallest absolute Gasteiger partial charge is 0.255 e. The van der Waals surface area contributed by atoms with E-state index in [2.05, 4.69) is 24.0 Å². The van der Waals surface area contributed by atoms with Crippen molar-refractivity contribution in [2.24, 2.45) is 11.5 Å². The summed E-state index contributed by atoms with van der Waals surface area (Å²) in [5.74, 6) is -0.232. The molecule has 0 heterocycles. The molecule has 0 radical (unpaired) electrons. The molecule has 0 aliphatic rings. The summed E-state index contributed by atoms with van der Waals surface area (Å²) in [7, 11) is 0. The lowest BCUT2D eigenvalue weighted by Gasteiger charge is -2.17. The Bertz CT molecular complexity index is 927. The van der Waals surface area contributed by atoms with Crippen LogP contribution >= 0.6 is 0 Å². The Morgan fingerprint density at radius 1 is 1.10 bits per heavy atom. The number of unbranched alkanes of at least 4 members (excludes halogenated alkanes) is 1. The minimum atomic E-state index is -0.671. The first-order chi connectivity index (χ1) is 14.9. The van der Waals surface area contributed by atoms with Crippen LogP contribution in [-0.4, -0.2) is 28.7 Å². The van der Waals surface area contributed by atoms with Crippen LogP contribution in [0.2, 0.25) is 0 Å². The van der Waals surface area contributed by atoms with Gasteiger partial charge in [0.2, 0.25) is 0 Å². The van der Waals surface area contributed by atoms with Gasteiger partial charge in [-0.2, -0.15) is 0 Å². The minimum Gasteiger partial charge on any atom is -0.508 e. The molecule has 0 aromatic heterocycles. The van der Waals surface area contributed by atoms with Gasteiger partial charge >= 0.3 is 0 Å². The largest absolute Gasteiger partial charge is 0.508 e. The topological polar surface area (TPSA) is 134 Å². The lowest BCUT2D eigenvalue weighted by atomic mass is 9.96. The fraction of sp³-hybridized carbons (Fsp3) is 0.292. The summed E-state index contributed by atoms with van der Waals surface area (Å²) in [6.07, 6.45) is 6.63. The molecule has 1 atom stereocenters. The normalized spacial score (nSPS) is 11.5. The molecule has 0 saturated heterocycles. The zero-order chi connectivity index (χ0) is 22.8. The Kier molecular flexibility index (Phi) is 9.12. The van der Waals surface area contributed by atoms with Crippen LogP contribution in [0.1, 0.15) is 30.4 Å². The number of anilines is 1. The molecule has 2 aromatic rings. The Balaban J connectivity index is 2.30. The zero-order valence-electron chi connectivity index (χ0n) is 17.7. The maximum Gasteiger partial charge on any atom is 0.255 e. The molecule has 0 spiro atoms. The summed E-state index contributed by atoms with van der Waals surface area (Å²) in [5, 5.41) is 20.9. The Morgan fingerprint density at radius 3 is 2.52 bits per heavy atom. The average Bonchev–Trinajstić information content (AvgIpc) is 2.75. The molecule has 0 aliphatic carbocycles. The molecule has 2 aromatic carbocycles. The van der Waals surface area contributed by atoms with Crippen molar-refractivity contribution in [2.45, 2.75) is 38.1 Å². The molecule has 1 amide bonds. The van der Waals surface area contributed by atoms with Gasteiger partial charge in [0.1, 0.15) is 11.5 Å². The Hall–Kier alpha value is -3.29. The standard InChI is InChI=1S/C24H32N4O3/c1-3-7-16-13-19(17-10-11-22(29)18(15-17)8-4-2)23(30)21(14-16)27-28-24(31)20(26)9-5-6-12-25/h3-4,10-11,13-15,20,27,29-30H,1-2,5-9,12,25-26H2,(H,28,31)/t20-/m0/s1. The Morgan fingerprint density at radius 2 is 1.84 bits per heavy atom. The van der Waals surface area contributed by atoms with E-state index in [1.165, 1.54) is 0 Å². The van der Waals surface area contributed by atoms with Crippen LogP contribution in [0.3, 0.4) is 0 Å². The average molecular weight is 425 g/mol. The first-order valence-corrected chi connectivity index (χ1v) is 10.3. The van der Waals surface area contributed by atoms with Gasteiger partial charge in [0, 0.05) is 5.56 Å². The number of nitrogens with two attached hydrogens (primary N) is 2. The number of rotatable bonds is 12. The van der Waals surface area contributed by atoms with Crippen molar-refractivity contribution in [2.75, 3.05) is 12.0 Å². The number of hydrazine groups is 1. The van der Waals surface area contributed by atoms with E-state index in [1.807, 2.05) is 6.07 Å². The molecular formula is C24H32N4O3. The molecule has 0 bridgehead atoms. The van der Waals surface area contributed by atoms with E-state index in [4.69, 9.17) is 11.5 Å². The van der Waals surface area contributed by atoms with E-state index in [-0.39, 0.29) is 17.4 Å². The number of benzene rings is 2. The third-order valence-electron chi connectivity index (χ3n) is 4.93. The van der Waals surface area contributed by atoms with E-state index in [0.717, 1.165) is 24.0 Å². The second-order valence-corrected chi connectivity index (χ2v) is 7.37. The van der Waals surface area contributed by atoms with Gasteiger partial charge in [0.25, 0.3) is 5.91 Å². The van der Waals surface area contributed by atoms with Crippen LogP contribution < -0.4 is 22.3 Å². The Labute approximate surface area is 183 Å². The first-order valence-electron chi connectivity index (χ1n) is 10.3. The molecule has 2 rings (SSSR count). The molecule has 0 saturated carbocycles. The molecule has 0 aliphatic heterocycles. The molecular weight excluding hydrogens is 392 g/mol. The molecule has 7 heteroatoms. The van der Waals surface area contributed by atoms with Crippen LogP contribution in [0.4, 0.5) is 5.69 Å². The molecule has 7 nitrogen and oxygen atoms in total. The van der Waals surface area contributed by atoms with Crippen molar-refractivity contribution >= 4 is 11.6 Å². The number of amides is 1. The molecule has 31 heavy (non-hydrogen) atoms. The highest BCUT2D eigenvalue weighted by Crippen LogP contribution is 2.38. The van der Waals surface area contributed by atoms with E-state index in [1.54, 1.807) is 36.4 Å². The summed E-state index contributed by atoms with van der Waals surface area (Å²) in [4.78, 5) is 12.3. The second-order valence-electron chi connectivity index (χ2n) is 7.37. The second kappa shape index (κ2) is 11.8. The van der Waals surface area contributed by atoms with Crippen molar-refractivity contribution in [1.82, 2.24) is 5.43 Å². The number of nitrogens with one attached hydrogen (secondary N) is 2. The van der Waals surface area contributed by atoms with Gasteiger partial charge in [-0.1, -0.05) is 24.6 Å². The molecule has 166 valence electrons. The van der Waals surface area contributed by atoms with Gasteiger partial charge in [0.05, 0.1) is 11.7 Å². The number of aromatic hydroxyl groups is 2. The van der Waals surface area contributed by atoms with Crippen molar-refractivity contribution in [3.05, 3.63) is 66.8 Å². The van der Waals surface area contributed by atoms with Gasteiger partial charge in [0.15, 0.2) is 0 Å². The highest BCUT2D eigenvalue weighted by molar-refractivity contribution is 5.84. The summed E-state index contributed by atoms with van der Waals surface area (Å²) in [6.45, 7) is 8.04. The summed E-state index contributed by atoms with van der Waals surface area (Å²) in [6, 6.07) is 8.04. The summed E-state index contributed by atoms with van der Waals surface area (Å²) >= 11 is 0. The third-order valence-corrected chi connectivity index (χ3v) is 4.93. The lowest BCUT2D eigenvalue weighted by Crippen LogP contribution is -2.43. The minimum absolute atomic E-state index is 0.0277. The van der Waals surface area contributed by atoms with E-state index < -0.39 is 6.04 Å². The SMILES string of the molecule is C=CCc1cc(NNC(=O)[C@@H](N)CCCCN)c(O)c(-c2ccc(O)c(CC=C)c2)c1. The van der Waals surface area contributed by atoms with Gasteiger partial charge in [-0.05, 0) is 73.2 Å². The van der Waals surface area contributed by atoms with Crippen LogP contribution in [-0.2, 0) is 17.6 Å². The van der Waals surface area contributed by atoms with Gasteiger partial charge < -0.3 is 21.7 Å². The summed E-state index contributed by atoms with van der Waals surface area (Å²) < 4.78 is 0.